The number of fused-ring (bicyclic) bond motifs is 3. The molecule has 3 rings (SSSR count). The average Bonchev–Trinajstić information content (AvgIpc) is 2.94. The molecule has 0 aliphatic heterocycles. The van der Waals surface area contributed by atoms with Crippen LogP contribution in [0.5, 0.6) is 0 Å². The van der Waals surface area contributed by atoms with Gasteiger partial charge in [-0.15, -0.1) is 0 Å². The van der Waals surface area contributed by atoms with E-state index in [4.69, 9.17) is 4.74 Å². The molecule has 0 spiro atoms. The molecule has 1 aliphatic rings. The molecule has 0 bridgehead atoms. The van der Waals surface area contributed by atoms with Crippen LogP contribution < -0.4 is 0 Å². The van der Waals surface area contributed by atoms with Crippen LogP contribution in [0.3, 0.4) is 0 Å². The number of rotatable bonds is 5. The topological polar surface area (TPSA) is 90.1 Å². The Kier molecular flexibility index (Phi) is 4.63. The number of aliphatic hydroxyl groups excluding tert-OH is 1. The van der Waals surface area contributed by atoms with E-state index >= 15 is 0 Å². The number of aryl methyl sites for hydroxylation is 1. The summed E-state index contributed by atoms with van der Waals surface area (Å²) in [6, 6.07) is 0. The van der Waals surface area contributed by atoms with Gasteiger partial charge >= 0.3 is 5.97 Å². The largest absolute Gasteiger partial charge is 0.461 e. The first kappa shape index (κ1) is 15.9. The van der Waals surface area contributed by atoms with E-state index in [1.165, 1.54) is 11.8 Å². The summed E-state index contributed by atoms with van der Waals surface area (Å²) in [6.45, 7) is 2.31. The summed E-state index contributed by atoms with van der Waals surface area (Å²) in [7, 11) is 0. The van der Waals surface area contributed by atoms with Crippen molar-refractivity contribution in [3.8, 4) is 11.4 Å². The summed E-state index contributed by atoms with van der Waals surface area (Å²) in [4.78, 5) is 21.1. The van der Waals surface area contributed by atoms with Gasteiger partial charge in [0.1, 0.15) is 0 Å². The van der Waals surface area contributed by atoms with Crippen molar-refractivity contribution in [2.45, 2.75) is 31.5 Å². The summed E-state index contributed by atoms with van der Waals surface area (Å²) in [5.74, 6) is -0.428. The van der Waals surface area contributed by atoms with E-state index in [1.54, 1.807) is 11.6 Å². The maximum absolute atomic E-state index is 12.2. The summed E-state index contributed by atoms with van der Waals surface area (Å²) in [5, 5.41) is 14.3. The fourth-order valence-electron chi connectivity index (χ4n) is 2.76. The van der Waals surface area contributed by atoms with Crippen molar-refractivity contribution in [3.05, 3.63) is 23.0 Å². The molecule has 0 atom stereocenters. The molecule has 0 aromatic carbocycles. The molecule has 2 aromatic rings. The quantitative estimate of drug-likeness (QED) is 0.501. The van der Waals surface area contributed by atoms with Gasteiger partial charge in [-0.05, 0) is 31.6 Å². The van der Waals surface area contributed by atoms with Gasteiger partial charge in [0.2, 0.25) is 0 Å². The lowest BCUT2D eigenvalue weighted by molar-refractivity contribution is 0.0517. The number of carbonyl (C=O) groups is 1. The van der Waals surface area contributed by atoms with Crippen LogP contribution in [-0.2, 0) is 24.1 Å². The van der Waals surface area contributed by atoms with E-state index in [-0.39, 0.29) is 6.61 Å². The molecular formula is C15H18N4O3S. The molecule has 0 radical (unpaired) electrons. The highest BCUT2D eigenvalue weighted by molar-refractivity contribution is 7.98. The lowest BCUT2D eigenvalue weighted by Gasteiger charge is -2.17. The zero-order valence-corrected chi connectivity index (χ0v) is 13.9. The van der Waals surface area contributed by atoms with Crippen molar-refractivity contribution < 1.29 is 14.6 Å². The zero-order chi connectivity index (χ0) is 16.4. The molecule has 122 valence electrons. The number of hydrogen-bond donors (Lipinski definition) is 1. The predicted molar refractivity (Wildman–Crippen MR) is 85.5 cm³/mol. The monoisotopic (exact) mass is 334 g/mol. The van der Waals surface area contributed by atoms with Crippen molar-refractivity contribution in [2.75, 3.05) is 19.5 Å². The normalized spacial score (nSPS) is 12.7. The molecule has 8 heteroatoms. The third-order valence-electron chi connectivity index (χ3n) is 3.72. The van der Waals surface area contributed by atoms with E-state index in [0.29, 0.717) is 30.4 Å². The van der Waals surface area contributed by atoms with Gasteiger partial charge in [0.25, 0.3) is 0 Å². The first-order chi connectivity index (χ1) is 11.2. The van der Waals surface area contributed by atoms with Crippen molar-refractivity contribution in [3.63, 3.8) is 0 Å². The van der Waals surface area contributed by atoms with Crippen LogP contribution in [0, 0.1) is 0 Å². The van der Waals surface area contributed by atoms with Gasteiger partial charge < -0.3 is 9.84 Å². The number of hydrogen-bond acceptors (Lipinski definition) is 7. The first-order valence-electron chi connectivity index (χ1n) is 7.47. The molecule has 23 heavy (non-hydrogen) atoms. The Morgan fingerprint density at radius 2 is 2.30 bits per heavy atom. The van der Waals surface area contributed by atoms with Crippen molar-refractivity contribution in [2.24, 2.45) is 0 Å². The number of nitrogens with zero attached hydrogens (tertiary/aromatic N) is 4. The minimum Gasteiger partial charge on any atom is -0.461 e. The molecule has 0 unspecified atom stereocenters. The van der Waals surface area contributed by atoms with E-state index in [1.807, 2.05) is 12.5 Å². The molecule has 0 fully saturated rings. The third-order valence-corrected chi connectivity index (χ3v) is 4.29. The van der Waals surface area contributed by atoms with Crippen molar-refractivity contribution >= 4 is 17.7 Å². The Morgan fingerprint density at radius 3 is 3.00 bits per heavy atom. The maximum Gasteiger partial charge on any atom is 0.359 e. The highest BCUT2D eigenvalue weighted by Crippen LogP contribution is 2.34. The molecule has 1 N–H and O–H groups in total. The van der Waals surface area contributed by atoms with Crippen LogP contribution in [0.25, 0.3) is 11.4 Å². The van der Waals surface area contributed by atoms with Gasteiger partial charge in [-0.1, -0.05) is 11.8 Å². The predicted octanol–water partition coefficient (Wildman–Crippen LogP) is 1.33. The number of carbonyl (C=O) groups excluding carboxylic acids is 1. The minimum atomic E-state index is -0.428. The zero-order valence-electron chi connectivity index (χ0n) is 13.1. The molecule has 1 aliphatic carbocycles. The van der Waals surface area contributed by atoms with Gasteiger partial charge in [0.05, 0.1) is 31.1 Å². The smallest absolute Gasteiger partial charge is 0.359 e. The van der Waals surface area contributed by atoms with Crippen LogP contribution in [0.4, 0.5) is 0 Å². The Balaban J connectivity index is 2.17. The van der Waals surface area contributed by atoms with Crippen LogP contribution >= 0.6 is 11.8 Å². The van der Waals surface area contributed by atoms with Crippen LogP contribution in [0.2, 0.25) is 0 Å². The highest BCUT2D eigenvalue weighted by Gasteiger charge is 2.30. The fraction of sp³-hybridized carbons (Fsp3) is 0.467. The second-order valence-electron chi connectivity index (χ2n) is 5.07. The molecule has 7 nitrogen and oxygen atoms in total. The maximum atomic E-state index is 12.2. The number of ether oxygens (including phenoxy) is 1. The van der Waals surface area contributed by atoms with Gasteiger partial charge in [-0.2, -0.15) is 5.10 Å². The first-order valence-corrected chi connectivity index (χ1v) is 8.70. The van der Waals surface area contributed by atoms with Crippen molar-refractivity contribution in [1.29, 1.82) is 0 Å². The lowest BCUT2D eigenvalue weighted by Crippen LogP contribution is -2.13. The lowest BCUT2D eigenvalue weighted by atomic mass is 9.93. The van der Waals surface area contributed by atoms with Crippen LogP contribution in [-0.4, -0.2) is 50.3 Å². The summed E-state index contributed by atoms with van der Waals surface area (Å²) in [5.41, 5.74) is 3.79. The molecule has 2 heterocycles. The number of aromatic nitrogens is 4. The summed E-state index contributed by atoms with van der Waals surface area (Å²) < 4.78 is 6.75. The Bertz CT molecular complexity index is 745. The summed E-state index contributed by atoms with van der Waals surface area (Å²) in [6.07, 6.45) is 5.19. The van der Waals surface area contributed by atoms with E-state index < -0.39 is 5.97 Å². The van der Waals surface area contributed by atoms with Gasteiger partial charge in [0, 0.05) is 11.8 Å². The third kappa shape index (κ3) is 2.84. The van der Waals surface area contributed by atoms with E-state index in [0.717, 1.165) is 28.9 Å². The Morgan fingerprint density at radius 1 is 1.48 bits per heavy atom. The highest BCUT2D eigenvalue weighted by atomic mass is 32.2. The minimum absolute atomic E-state index is 0.0633. The standard InChI is InChI=1S/C15H18N4O3S/c1-3-22-14(21)12-10-5-4-9-8-16-15(23-2)17-11(9)13(10)19(18-12)6-7-20/h8,20H,3-7H2,1-2H3. The molecule has 0 amide bonds. The van der Waals surface area contributed by atoms with Crippen LogP contribution in [0.1, 0.15) is 28.5 Å². The average molecular weight is 334 g/mol. The molecular weight excluding hydrogens is 316 g/mol. The number of esters is 1. The second-order valence-corrected chi connectivity index (χ2v) is 5.85. The summed E-state index contributed by atoms with van der Waals surface area (Å²) >= 11 is 1.46. The van der Waals surface area contributed by atoms with Gasteiger partial charge in [0.15, 0.2) is 10.9 Å². The second kappa shape index (κ2) is 6.67. The molecule has 0 saturated carbocycles. The van der Waals surface area contributed by atoms with E-state index in [2.05, 4.69) is 15.1 Å². The number of aliphatic hydroxyl groups is 1. The Labute approximate surface area is 138 Å². The molecule has 2 aromatic heterocycles. The fourth-order valence-corrected chi connectivity index (χ4v) is 3.10. The van der Waals surface area contributed by atoms with Crippen LogP contribution in [0.15, 0.2) is 11.4 Å². The van der Waals surface area contributed by atoms with Gasteiger partial charge in [-0.3, -0.25) is 4.68 Å². The molecule has 0 saturated heterocycles. The van der Waals surface area contributed by atoms with Gasteiger partial charge in [-0.25, -0.2) is 14.8 Å². The van der Waals surface area contributed by atoms with E-state index in [9.17, 15) is 9.90 Å². The number of thioether (sulfide) groups is 1. The van der Waals surface area contributed by atoms with Crippen molar-refractivity contribution in [1.82, 2.24) is 19.7 Å². The SMILES string of the molecule is CCOC(=O)c1nn(CCO)c2c1CCc1cnc(SC)nc1-2. The Hall–Kier alpha value is -1.93.